The number of fused-ring (bicyclic) bond motifs is 1. The molecule has 10 heteroatoms. The van der Waals surface area contributed by atoms with Gasteiger partial charge in [0.05, 0.1) is 11.9 Å². The summed E-state index contributed by atoms with van der Waals surface area (Å²) >= 11 is 0. The number of nitrogens with zero attached hydrogens (tertiary/aromatic N) is 4. The molecule has 0 spiro atoms. The van der Waals surface area contributed by atoms with Gasteiger partial charge in [0, 0.05) is 35.9 Å². The zero-order chi connectivity index (χ0) is 22.0. The van der Waals surface area contributed by atoms with Gasteiger partial charge in [-0.15, -0.1) is 5.10 Å². The third kappa shape index (κ3) is 4.50. The minimum atomic E-state index is -3.66. The summed E-state index contributed by atoms with van der Waals surface area (Å²) in [5.41, 5.74) is 3.22. The highest BCUT2D eigenvalue weighted by atomic mass is 32.2. The normalized spacial score (nSPS) is 14.1. The van der Waals surface area contributed by atoms with E-state index in [4.69, 9.17) is 4.52 Å². The molecule has 0 aliphatic carbocycles. The lowest BCUT2D eigenvalue weighted by Gasteiger charge is -2.17. The number of para-hydroxylation sites is 1. The quantitative estimate of drug-likeness (QED) is 0.436. The van der Waals surface area contributed by atoms with Gasteiger partial charge < -0.3 is 14.7 Å². The Balaban J connectivity index is 1.25. The molecule has 5 rings (SSSR count). The number of hydrogen-bond acceptors (Lipinski definition) is 8. The minimum absolute atomic E-state index is 0.275. The lowest BCUT2D eigenvalue weighted by atomic mass is 10.2. The zero-order valence-electron chi connectivity index (χ0n) is 17.2. The van der Waals surface area contributed by atoms with E-state index < -0.39 is 10.0 Å². The Labute approximate surface area is 185 Å². The number of nitrogens with one attached hydrogen (secondary N) is 2. The van der Waals surface area contributed by atoms with Crippen molar-refractivity contribution in [1.29, 1.82) is 0 Å². The van der Waals surface area contributed by atoms with Gasteiger partial charge in [-0.3, -0.25) is 4.72 Å². The van der Waals surface area contributed by atoms with Crippen LogP contribution in [0.5, 0.6) is 0 Å². The summed E-state index contributed by atoms with van der Waals surface area (Å²) in [6.07, 6.45) is 4.15. The van der Waals surface area contributed by atoms with Crippen molar-refractivity contribution < 1.29 is 12.9 Å². The van der Waals surface area contributed by atoms with Crippen LogP contribution in [0.3, 0.4) is 0 Å². The van der Waals surface area contributed by atoms with Crippen LogP contribution >= 0.6 is 0 Å². The third-order valence-corrected chi connectivity index (χ3v) is 6.52. The van der Waals surface area contributed by atoms with Crippen molar-refractivity contribution >= 4 is 43.9 Å². The van der Waals surface area contributed by atoms with Gasteiger partial charge in [0.25, 0.3) is 0 Å². The van der Waals surface area contributed by atoms with Crippen molar-refractivity contribution in [2.75, 3.05) is 28.0 Å². The van der Waals surface area contributed by atoms with Crippen molar-refractivity contribution in [3.63, 3.8) is 0 Å². The van der Waals surface area contributed by atoms with Gasteiger partial charge in [0.15, 0.2) is 11.4 Å². The standard InChI is InChI=1S/C22H22N6O3S/c29-32(30,15-20-19-5-1-2-6-21(19)31-26-20)27-17-9-7-16(8-10-17)24-22-13-18(14-23-25-22)28-11-3-4-12-28/h1-2,5-10,13-14,27H,3-4,11-12,15H2,(H,24,25). The van der Waals surface area contributed by atoms with Crippen LogP contribution in [-0.4, -0.2) is 36.9 Å². The molecule has 2 aromatic heterocycles. The Morgan fingerprint density at radius 1 is 1.00 bits per heavy atom. The molecule has 2 aromatic carbocycles. The molecule has 3 heterocycles. The van der Waals surface area contributed by atoms with Gasteiger partial charge in [-0.1, -0.05) is 17.3 Å². The van der Waals surface area contributed by atoms with E-state index in [1.54, 1.807) is 42.6 Å². The highest BCUT2D eigenvalue weighted by molar-refractivity contribution is 7.91. The maximum absolute atomic E-state index is 12.6. The molecule has 4 aromatic rings. The predicted molar refractivity (Wildman–Crippen MR) is 123 cm³/mol. The molecule has 1 aliphatic heterocycles. The summed E-state index contributed by atoms with van der Waals surface area (Å²) < 4.78 is 33.0. The van der Waals surface area contributed by atoms with E-state index >= 15 is 0 Å². The molecule has 1 aliphatic rings. The van der Waals surface area contributed by atoms with Crippen LogP contribution in [0, 0.1) is 0 Å². The van der Waals surface area contributed by atoms with Crippen LogP contribution in [0.1, 0.15) is 18.5 Å². The average molecular weight is 451 g/mol. The van der Waals surface area contributed by atoms with Gasteiger partial charge in [-0.2, -0.15) is 5.10 Å². The summed E-state index contributed by atoms with van der Waals surface area (Å²) in [5.74, 6) is 0.365. The van der Waals surface area contributed by atoms with E-state index in [1.807, 2.05) is 18.2 Å². The molecule has 32 heavy (non-hydrogen) atoms. The average Bonchev–Trinajstić information content (AvgIpc) is 3.46. The fraction of sp³-hybridized carbons (Fsp3) is 0.227. The maximum Gasteiger partial charge on any atom is 0.238 e. The fourth-order valence-electron chi connectivity index (χ4n) is 3.77. The van der Waals surface area contributed by atoms with Crippen molar-refractivity contribution in [2.45, 2.75) is 18.6 Å². The SMILES string of the molecule is O=S(=O)(Cc1noc2ccccc12)Nc1ccc(Nc2cc(N3CCCC3)cnn2)cc1. The van der Waals surface area contributed by atoms with Gasteiger partial charge in [-0.05, 0) is 49.2 Å². The molecule has 0 radical (unpaired) electrons. The highest BCUT2D eigenvalue weighted by Crippen LogP contribution is 2.24. The monoisotopic (exact) mass is 450 g/mol. The Morgan fingerprint density at radius 2 is 1.75 bits per heavy atom. The molecule has 0 unspecified atom stereocenters. The lowest BCUT2D eigenvalue weighted by molar-refractivity contribution is 0.448. The molecular weight excluding hydrogens is 428 g/mol. The maximum atomic E-state index is 12.6. The number of hydrogen-bond donors (Lipinski definition) is 2. The Hall–Kier alpha value is -3.66. The second-order valence-corrected chi connectivity index (χ2v) is 9.40. The van der Waals surface area contributed by atoms with E-state index in [0.717, 1.165) is 24.5 Å². The molecule has 2 N–H and O–H groups in total. The molecule has 1 saturated heterocycles. The molecule has 9 nitrogen and oxygen atoms in total. The molecule has 0 saturated carbocycles. The number of aromatic nitrogens is 3. The van der Waals surface area contributed by atoms with Crippen molar-refractivity contribution in [3.8, 4) is 0 Å². The summed E-state index contributed by atoms with van der Waals surface area (Å²) in [5, 5.41) is 16.0. The molecule has 164 valence electrons. The molecular formula is C22H22N6O3S. The van der Waals surface area contributed by atoms with Gasteiger partial charge in [-0.25, -0.2) is 8.42 Å². The Morgan fingerprint density at radius 3 is 2.56 bits per heavy atom. The first kappa shape index (κ1) is 20.3. The Kier molecular flexibility index (Phi) is 5.36. The van der Waals surface area contributed by atoms with Crippen LogP contribution in [-0.2, 0) is 15.8 Å². The fourth-order valence-corrected chi connectivity index (χ4v) is 4.91. The zero-order valence-corrected chi connectivity index (χ0v) is 18.0. The lowest BCUT2D eigenvalue weighted by Crippen LogP contribution is -2.18. The molecule has 0 atom stereocenters. The number of benzene rings is 2. The van der Waals surface area contributed by atoms with E-state index in [-0.39, 0.29) is 5.75 Å². The van der Waals surface area contributed by atoms with Gasteiger partial charge in [0.1, 0.15) is 11.4 Å². The first-order valence-electron chi connectivity index (χ1n) is 10.3. The Bertz CT molecular complexity index is 1330. The van der Waals surface area contributed by atoms with E-state index in [1.165, 1.54) is 12.8 Å². The first-order valence-corrected chi connectivity index (χ1v) is 12.0. The van der Waals surface area contributed by atoms with Crippen molar-refractivity contribution in [1.82, 2.24) is 15.4 Å². The molecule has 0 bridgehead atoms. The number of anilines is 4. The van der Waals surface area contributed by atoms with Crippen LogP contribution in [0.25, 0.3) is 11.0 Å². The van der Waals surface area contributed by atoms with Gasteiger partial charge >= 0.3 is 0 Å². The smallest absolute Gasteiger partial charge is 0.238 e. The summed E-state index contributed by atoms with van der Waals surface area (Å²) in [4.78, 5) is 2.29. The van der Waals surface area contributed by atoms with Gasteiger partial charge in [0.2, 0.25) is 10.0 Å². The molecule has 1 fully saturated rings. The second-order valence-electron chi connectivity index (χ2n) is 7.68. The van der Waals surface area contributed by atoms with E-state index in [0.29, 0.717) is 28.2 Å². The van der Waals surface area contributed by atoms with Crippen molar-refractivity contribution in [3.05, 3.63) is 66.5 Å². The number of sulfonamides is 1. The van der Waals surface area contributed by atoms with Crippen LogP contribution in [0.15, 0.2) is 65.3 Å². The van der Waals surface area contributed by atoms with Crippen LogP contribution in [0.4, 0.5) is 22.9 Å². The summed E-state index contributed by atoms with van der Waals surface area (Å²) in [6.45, 7) is 2.06. The number of rotatable bonds is 7. The summed E-state index contributed by atoms with van der Waals surface area (Å²) in [6, 6.07) is 16.1. The van der Waals surface area contributed by atoms with Crippen LogP contribution in [0.2, 0.25) is 0 Å². The topological polar surface area (TPSA) is 113 Å². The third-order valence-electron chi connectivity index (χ3n) is 5.32. The van der Waals surface area contributed by atoms with Crippen molar-refractivity contribution in [2.24, 2.45) is 0 Å². The predicted octanol–water partition coefficient (Wildman–Crippen LogP) is 3.90. The highest BCUT2D eigenvalue weighted by Gasteiger charge is 2.18. The second kappa shape index (κ2) is 8.46. The van der Waals surface area contributed by atoms with E-state index in [9.17, 15) is 8.42 Å². The largest absolute Gasteiger partial charge is 0.370 e. The summed E-state index contributed by atoms with van der Waals surface area (Å²) in [7, 11) is -3.66. The minimum Gasteiger partial charge on any atom is -0.370 e. The first-order chi connectivity index (χ1) is 15.6. The molecule has 0 amide bonds. The van der Waals surface area contributed by atoms with E-state index in [2.05, 4.69) is 30.3 Å². The van der Waals surface area contributed by atoms with Crippen LogP contribution < -0.4 is 14.9 Å².